The lowest BCUT2D eigenvalue weighted by Gasteiger charge is -2.39. The van der Waals surface area contributed by atoms with Crippen molar-refractivity contribution in [3.63, 3.8) is 0 Å². The normalized spacial score (nSPS) is 30.2. The van der Waals surface area contributed by atoms with E-state index in [-0.39, 0.29) is 67.1 Å². The Bertz CT molecular complexity index is 2650. The zero-order valence-electron chi connectivity index (χ0n) is 59.6. The average Bonchev–Trinajstić information content (AvgIpc) is 1.06. The third-order valence-corrected chi connectivity index (χ3v) is 22.3. The van der Waals surface area contributed by atoms with Gasteiger partial charge in [0.25, 0.3) is 0 Å². The summed E-state index contributed by atoms with van der Waals surface area (Å²) >= 11 is 8.94. The Kier molecular flexibility index (Phi) is 32.3. The van der Waals surface area contributed by atoms with Gasteiger partial charge in [0.15, 0.2) is 0 Å². The molecule has 2 heterocycles. The molecule has 2 aliphatic heterocycles. The summed E-state index contributed by atoms with van der Waals surface area (Å²) in [4.78, 5) is 187. The van der Waals surface area contributed by atoms with E-state index in [1.807, 2.05) is 34.6 Å². The van der Waals surface area contributed by atoms with Crippen LogP contribution >= 0.6 is 34.2 Å². The van der Waals surface area contributed by atoms with Crippen molar-refractivity contribution in [2.45, 2.75) is 247 Å². The van der Waals surface area contributed by atoms with E-state index in [2.05, 4.69) is 43.9 Å². The van der Waals surface area contributed by atoms with E-state index in [4.69, 9.17) is 11.6 Å². The lowest BCUT2D eigenvalue weighted by Crippen LogP contribution is -2.61. The van der Waals surface area contributed by atoms with Crippen LogP contribution in [0.4, 0.5) is 0 Å². The van der Waals surface area contributed by atoms with Gasteiger partial charge in [-0.2, -0.15) is 0 Å². The van der Waals surface area contributed by atoms with Crippen molar-refractivity contribution >= 4 is 105 Å². The van der Waals surface area contributed by atoms with E-state index in [1.54, 1.807) is 18.9 Å². The van der Waals surface area contributed by atoms with Crippen LogP contribution in [0.2, 0.25) is 0 Å². The molecule has 0 spiro atoms. The van der Waals surface area contributed by atoms with Crippen LogP contribution in [0.25, 0.3) is 0 Å². The van der Waals surface area contributed by atoms with Gasteiger partial charge < -0.3 is 60.5 Å². The van der Waals surface area contributed by atoms with Crippen molar-refractivity contribution < 1.29 is 57.5 Å². The lowest BCUT2D eigenvalue weighted by molar-refractivity contribution is -0.151. The van der Waals surface area contributed by atoms with Gasteiger partial charge in [-0.3, -0.25) is 57.5 Å². The number of rotatable bonds is 13. The highest BCUT2D eigenvalue weighted by atomic mass is 127. The molecule has 3 aliphatic carbocycles. The Morgan fingerprint density at radius 2 is 1.06 bits per heavy atom. The topological polar surface area (TPSA) is 279 Å². The van der Waals surface area contributed by atoms with Crippen LogP contribution in [0, 0.1) is 35.5 Å². The third kappa shape index (κ3) is 23.7. The molecule has 5 rings (SSSR count). The van der Waals surface area contributed by atoms with Gasteiger partial charge >= 0.3 is 0 Å². The van der Waals surface area contributed by atoms with Crippen LogP contribution in [0.15, 0.2) is 0 Å². The van der Waals surface area contributed by atoms with Crippen LogP contribution in [-0.2, 0) is 57.5 Å². The average molecular weight is 1470 g/mol. The number of nitrogens with one attached hydrogen (secondary N) is 4. The van der Waals surface area contributed by atoms with E-state index >= 15 is 19.2 Å². The number of hydrogen-bond acceptors (Lipinski definition) is 12. The largest absolute Gasteiger partial charge is 0.343 e. The quantitative estimate of drug-likeness (QED) is 0.134. The monoisotopic (exact) mass is 1470 g/mol. The number of halogens is 2. The predicted molar refractivity (Wildman–Crippen MR) is 373 cm³/mol. The van der Waals surface area contributed by atoms with Crippen molar-refractivity contribution in [1.29, 1.82) is 0 Å². The zero-order valence-corrected chi connectivity index (χ0v) is 62.5. The molecule has 95 heavy (non-hydrogen) atoms. The lowest BCUT2D eigenvalue weighted by atomic mass is 9.84. The van der Waals surface area contributed by atoms with Gasteiger partial charge in [-0.1, -0.05) is 115 Å². The van der Waals surface area contributed by atoms with E-state index in [0.717, 1.165) is 72.5 Å². The first kappa shape index (κ1) is 80.3. The molecular formula is C69H116ClIN12O12. The van der Waals surface area contributed by atoms with E-state index in [9.17, 15) is 38.4 Å². The van der Waals surface area contributed by atoms with Crippen molar-refractivity contribution in [3.8, 4) is 0 Å². The number of hydrogen-bond donors (Lipinski definition) is 4. The van der Waals surface area contributed by atoms with Crippen molar-refractivity contribution in [1.82, 2.24) is 60.5 Å². The summed E-state index contributed by atoms with van der Waals surface area (Å²) in [5.74, 6) is -7.86. The van der Waals surface area contributed by atoms with E-state index < -0.39 is 151 Å². The molecule has 26 heteroatoms. The molecule has 4 N–H and O–H groups in total. The Morgan fingerprint density at radius 3 is 1.65 bits per heavy atom. The van der Waals surface area contributed by atoms with Gasteiger partial charge in [0, 0.05) is 71.7 Å². The minimum Gasteiger partial charge on any atom is -0.343 e. The summed E-state index contributed by atoms with van der Waals surface area (Å²) in [5.41, 5.74) is 0. The first-order valence-corrected chi connectivity index (χ1v) is 37.0. The number of likely N-dealkylation sites (tertiary alicyclic amines) is 1. The summed E-state index contributed by atoms with van der Waals surface area (Å²) in [5, 5.41) is 11.7. The Labute approximate surface area is 584 Å². The highest BCUT2D eigenvalue weighted by molar-refractivity contribution is 14.1. The van der Waals surface area contributed by atoms with Gasteiger partial charge in [0.05, 0.1) is 26.1 Å². The first-order valence-electron chi connectivity index (χ1n) is 35.3. The van der Waals surface area contributed by atoms with Gasteiger partial charge in [-0.25, -0.2) is 0 Å². The van der Waals surface area contributed by atoms with Gasteiger partial charge in [-0.05, 0) is 126 Å². The predicted octanol–water partition coefficient (Wildman–Crippen LogP) is 5.34. The fraction of sp³-hybridized carbons (Fsp3) is 0.826. The summed E-state index contributed by atoms with van der Waals surface area (Å²) in [6, 6.07) is -9.43. The second-order valence-electron chi connectivity index (χ2n) is 29.3. The molecule has 0 aromatic carbocycles. The summed E-state index contributed by atoms with van der Waals surface area (Å²) in [6.45, 7) is 12.0. The van der Waals surface area contributed by atoms with Crippen LogP contribution in [0.5, 0.6) is 0 Å². The molecule has 5 fully saturated rings. The van der Waals surface area contributed by atoms with Crippen LogP contribution in [-0.4, -0.2) is 250 Å². The molecule has 0 aromatic heterocycles. The van der Waals surface area contributed by atoms with Crippen molar-refractivity contribution in [3.05, 3.63) is 0 Å². The molecule has 0 bridgehead atoms. The minimum atomic E-state index is -1.41. The second kappa shape index (κ2) is 38.1. The molecule has 3 saturated carbocycles. The number of nitrogens with zero attached hydrogens (tertiary/aromatic N) is 8. The standard InChI is InChI=1S/C69H116ClIN12O12/c1-15-44(6)61-69(95)78(10)40-59(86)76(8)41-60(87)80(12)55(37-47-26-28-49(70)29-27-47)67(93)77(9)39-57(84)72-51(35-48-24-21-25-50(71)34-48)63(89)73-52(32-42(2)3)65(91)82(14)56(36-46-22-17-16-18-23-46)68(94)81(13)54(33-43(4)5)64(90)74-53(66(92)83-30-19-20-31-83)38-58(85)79(11)45(7)62(88)75-61/h42-56,61H,15-41H2,1-14H3,(H,72,84)(H,73,89)(H,74,90)(H,75,88)/t44-,45-,47?,48?,49?,50?,51-,52-,53-,54-,55-,56-,61-/m0/s1. The minimum absolute atomic E-state index is 0.00229. The van der Waals surface area contributed by atoms with Crippen LogP contribution in [0.1, 0.15) is 190 Å². The molecule has 0 aromatic rings. The maximum Gasteiger partial charge on any atom is 0.245 e. The maximum absolute atomic E-state index is 15.6. The SMILES string of the molecule is CC[C@H](C)[C@@H]1NC(=O)[C@H](C)N(C)C(=O)C[C@@H](C(=O)N2CCCC2)NC(=O)[C@H](CC(C)C)N(C)C(=O)[C@H](CC2CCCCC2)N(C)C(=O)[C@H](CC(C)C)NC(=O)[C@H](CC2CCCC(I)C2)NC(=O)CN(C)C(=O)[C@H](CC2CCC(Cl)CC2)N(C)C(=O)CN(C)C(=O)CN(C)C1=O. The molecule has 0 radical (unpaired) electrons. The number of alkyl halides is 2. The zero-order chi connectivity index (χ0) is 70.7. The van der Waals surface area contributed by atoms with Gasteiger partial charge in [0.2, 0.25) is 70.9 Å². The Balaban J connectivity index is 1.60. The van der Waals surface area contributed by atoms with Crippen LogP contribution < -0.4 is 21.3 Å². The van der Waals surface area contributed by atoms with Crippen molar-refractivity contribution in [2.24, 2.45) is 35.5 Å². The maximum atomic E-state index is 15.6. The first-order chi connectivity index (χ1) is 44.7. The second-order valence-corrected chi connectivity index (χ2v) is 31.7. The number of amides is 12. The third-order valence-electron chi connectivity index (χ3n) is 20.8. The molecule has 12 amide bonds. The van der Waals surface area contributed by atoms with Crippen molar-refractivity contribution in [2.75, 3.05) is 82.1 Å². The number of carbonyl (C=O) groups is 12. The Hall–Kier alpha value is -5.34. The fourth-order valence-electron chi connectivity index (χ4n) is 14.2. The number of carbonyl (C=O) groups excluding carboxylic acids is 12. The smallest absolute Gasteiger partial charge is 0.245 e. The molecular weight excluding hydrogens is 1350 g/mol. The molecule has 24 nitrogen and oxygen atoms in total. The molecule has 538 valence electrons. The highest BCUT2D eigenvalue weighted by Gasteiger charge is 2.43. The fourth-order valence-corrected chi connectivity index (χ4v) is 15.6. The summed E-state index contributed by atoms with van der Waals surface area (Å²) in [7, 11) is 10.2. The summed E-state index contributed by atoms with van der Waals surface area (Å²) in [6.07, 6.45) is 13.3. The molecule has 2 unspecified atom stereocenters. The van der Waals surface area contributed by atoms with E-state index in [1.165, 1.54) is 68.8 Å². The van der Waals surface area contributed by atoms with E-state index in [0.29, 0.717) is 62.0 Å². The molecule has 11 atom stereocenters. The molecule has 2 saturated heterocycles. The Morgan fingerprint density at radius 1 is 0.505 bits per heavy atom. The van der Waals surface area contributed by atoms with Crippen LogP contribution in [0.3, 0.4) is 0 Å². The number of likely N-dealkylation sites (N-methyl/N-ethyl adjacent to an activating group) is 7. The van der Waals surface area contributed by atoms with Gasteiger partial charge in [0.1, 0.15) is 48.3 Å². The van der Waals surface area contributed by atoms with Gasteiger partial charge in [-0.15, -0.1) is 11.6 Å². The summed E-state index contributed by atoms with van der Waals surface area (Å²) < 4.78 is 0.344. The molecule has 5 aliphatic rings. The highest BCUT2D eigenvalue weighted by Crippen LogP contribution is 2.35.